The normalized spacial score (nSPS) is 10.3. The molecule has 0 aromatic heterocycles. The van der Waals surface area contributed by atoms with Crippen molar-refractivity contribution in [1.29, 1.82) is 0 Å². The van der Waals surface area contributed by atoms with E-state index < -0.39 is 18.0 Å². The summed E-state index contributed by atoms with van der Waals surface area (Å²) < 4.78 is 0.964. The first-order valence-electron chi connectivity index (χ1n) is 14.3. The van der Waals surface area contributed by atoms with Gasteiger partial charge in [0.1, 0.15) is 12.3 Å². The lowest BCUT2D eigenvalue weighted by Crippen LogP contribution is -2.29. The Morgan fingerprint density at radius 3 is 1.95 bits per heavy atom. The van der Waals surface area contributed by atoms with Gasteiger partial charge in [0.25, 0.3) is 0 Å². The Morgan fingerprint density at radius 1 is 0.864 bits per heavy atom. The van der Waals surface area contributed by atoms with Gasteiger partial charge in [0, 0.05) is 22.1 Å². The molecule has 0 aliphatic carbocycles. The van der Waals surface area contributed by atoms with Gasteiger partial charge in [0.05, 0.1) is 6.42 Å². The summed E-state index contributed by atoms with van der Waals surface area (Å²) in [6.45, 7) is 3.30. The van der Waals surface area contributed by atoms with Crippen molar-refractivity contribution in [3.8, 4) is 0 Å². The lowest BCUT2D eigenvalue weighted by molar-refractivity contribution is -0.139. The van der Waals surface area contributed by atoms with E-state index in [1.54, 1.807) is 36.4 Å². The van der Waals surface area contributed by atoms with Gasteiger partial charge in [-0.05, 0) is 86.3 Å². The number of halogens is 1. The van der Waals surface area contributed by atoms with Gasteiger partial charge in [0.2, 0.25) is 5.91 Å². The van der Waals surface area contributed by atoms with Crippen molar-refractivity contribution in [2.75, 3.05) is 18.4 Å². The van der Waals surface area contributed by atoms with E-state index in [-0.39, 0.29) is 12.3 Å². The van der Waals surface area contributed by atoms with Crippen molar-refractivity contribution < 1.29 is 29.4 Å². The van der Waals surface area contributed by atoms with Crippen molar-refractivity contribution in [1.82, 2.24) is 0 Å². The molecule has 10 nitrogen and oxygen atoms in total. The molecule has 1 atom stereocenters. The van der Waals surface area contributed by atoms with E-state index in [2.05, 4.69) is 33.4 Å². The molecule has 0 bridgehead atoms. The number of hydrogen-bond acceptors (Lipinski definition) is 7. The largest absolute Gasteiger partial charge is 0.481 e. The lowest BCUT2D eigenvalue weighted by atomic mass is 10.1. The van der Waals surface area contributed by atoms with Crippen LogP contribution in [0.3, 0.4) is 0 Å². The average molecular weight is 674 g/mol. The molecule has 0 unspecified atom stereocenters. The first kappa shape index (κ1) is 40.1. The van der Waals surface area contributed by atoms with Crippen LogP contribution in [0.1, 0.15) is 60.5 Å². The number of aliphatic carboxylic acids is 2. The summed E-state index contributed by atoms with van der Waals surface area (Å²) in [6.07, 6.45) is 5.37. The quantitative estimate of drug-likeness (QED) is 0.106. The van der Waals surface area contributed by atoms with E-state index in [1.165, 1.54) is 5.56 Å². The van der Waals surface area contributed by atoms with Gasteiger partial charge >= 0.3 is 11.9 Å². The van der Waals surface area contributed by atoms with Crippen molar-refractivity contribution in [2.45, 2.75) is 57.9 Å². The Hall–Kier alpha value is -3.90. The molecule has 0 saturated heterocycles. The van der Waals surface area contributed by atoms with E-state index in [9.17, 15) is 19.2 Å². The van der Waals surface area contributed by atoms with Gasteiger partial charge in [-0.25, -0.2) is 0 Å². The number of nitrogens with one attached hydrogen (secondary N) is 1. The molecular weight excluding hydrogens is 628 g/mol. The number of carboxylic acids is 2. The zero-order valence-corrected chi connectivity index (χ0v) is 26.7. The maximum absolute atomic E-state index is 11.2. The summed E-state index contributed by atoms with van der Waals surface area (Å²) >= 11 is 3.26. The molecule has 0 saturated carbocycles. The fraction of sp³-hybridized carbons (Fsp3) is 0.333. The van der Waals surface area contributed by atoms with Gasteiger partial charge in [-0.3, -0.25) is 19.2 Å². The van der Waals surface area contributed by atoms with E-state index in [4.69, 9.17) is 27.4 Å². The molecule has 9 N–H and O–H groups in total. The molecule has 3 aromatic carbocycles. The highest BCUT2D eigenvalue weighted by atomic mass is 79.9. The maximum atomic E-state index is 11.2. The van der Waals surface area contributed by atoms with Crippen molar-refractivity contribution in [3.63, 3.8) is 0 Å². The van der Waals surface area contributed by atoms with Crippen LogP contribution in [0, 0.1) is 0 Å². The number of hydrogen-bond donors (Lipinski definition) is 6. The first-order chi connectivity index (χ1) is 21.1. The third kappa shape index (κ3) is 21.8. The Labute approximate surface area is 268 Å². The van der Waals surface area contributed by atoms with Gasteiger partial charge in [0.15, 0.2) is 0 Å². The Kier molecular flexibility index (Phi) is 23.3. The lowest BCUT2D eigenvalue weighted by Gasteiger charge is -2.03. The third-order valence-corrected chi connectivity index (χ3v) is 6.17. The third-order valence-electron chi connectivity index (χ3n) is 5.64. The van der Waals surface area contributed by atoms with Crippen LogP contribution in [0.2, 0.25) is 0 Å². The summed E-state index contributed by atoms with van der Waals surface area (Å²) in [7, 11) is 0. The van der Waals surface area contributed by atoms with Crippen molar-refractivity contribution >= 4 is 45.7 Å². The number of carboxylic acid groups (broad SMARTS) is 2. The number of rotatable bonds is 13. The van der Waals surface area contributed by atoms with Gasteiger partial charge in [-0.15, -0.1) is 0 Å². The molecule has 240 valence electrons. The van der Waals surface area contributed by atoms with E-state index >= 15 is 0 Å². The summed E-state index contributed by atoms with van der Waals surface area (Å²) in [5.41, 5.74) is 19.3. The monoisotopic (exact) mass is 672 g/mol. The Morgan fingerprint density at radius 2 is 1.48 bits per heavy atom. The van der Waals surface area contributed by atoms with Crippen LogP contribution in [-0.4, -0.2) is 53.5 Å². The average Bonchev–Trinajstić information content (AvgIpc) is 3.00. The number of unbranched alkanes of at least 4 members (excludes halogenated alkanes) is 1. The van der Waals surface area contributed by atoms with Crippen LogP contribution >= 0.6 is 15.9 Å². The van der Waals surface area contributed by atoms with Crippen LogP contribution in [-0.2, 0) is 27.2 Å². The maximum Gasteiger partial charge on any atom is 0.320 e. The van der Waals surface area contributed by atoms with E-state index in [0.29, 0.717) is 24.9 Å². The zero-order chi connectivity index (χ0) is 33.2. The predicted molar refractivity (Wildman–Crippen MR) is 179 cm³/mol. The molecule has 11 heteroatoms. The fourth-order valence-corrected chi connectivity index (χ4v) is 3.58. The van der Waals surface area contributed by atoms with Crippen LogP contribution in [0.25, 0.3) is 0 Å². The molecule has 0 spiro atoms. The number of amides is 1. The molecule has 0 aliphatic rings. The first-order valence-corrected chi connectivity index (χ1v) is 15.1. The highest BCUT2D eigenvalue weighted by Gasteiger charge is 2.09. The highest BCUT2D eigenvalue weighted by molar-refractivity contribution is 9.10. The van der Waals surface area contributed by atoms with Crippen LogP contribution in [0.4, 0.5) is 5.69 Å². The molecule has 0 fully saturated rings. The molecule has 0 aliphatic heterocycles. The van der Waals surface area contributed by atoms with Gasteiger partial charge in [-0.1, -0.05) is 71.7 Å². The topological polar surface area (TPSA) is 199 Å². The summed E-state index contributed by atoms with van der Waals surface area (Å²) in [6, 6.07) is 23.6. The van der Waals surface area contributed by atoms with E-state index in [1.807, 2.05) is 37.3 Å². The molecule has 44 heavy (non-hydrogen) atoms. The van der Waals surface area contributed by atoms with E-state index in [0.717, 1.165) is 54.2 Å². The number of benzene rings is 3. The second-order valence-electron chi connectivity index (χ2n) is 9.49. The Bertz CT molecular complexity index is 1210. The molecule has 3 aromatic rings. The minimum absolute atomic E-state index is 0.00588. The molecule has 0 radical (unpaired) electrons. The second kappa shape index (κ2) is 25.6. The minimum atomic E-state index is -0.933. The number of carbonyl (C=O) groups excluding carboxylic acids is 2. The fourth-order valence-electron chi connectivity index (χ4n) is 3.32. The smallest absolute Gasteiger partial charge is 0.320 e. The molecular formula is C33H45BrN4O6. The molecule has 1 amide bonds. The van der Waals surface area contributed by atoms with Crippen LogP contribution in [0.5, 0.6) is 0 Å². The second-order valence-corrected chi connectivity index (χ2v) is 10.4. The zero-order valence-electron chi connectivity index (χ0n) is 25.2. The number of anilines is 1. The molecule has 3 rings (SSSR count). The standard InChI is InChI=1S/C11H13NO2.C8H7BrO2.C8H11N.C6H14N2O2/c1-2-3-11(14)12-10-6-4-9(8-13)5-7-10;9-7-3-1-6(2-4-7)5-8(10)11;9-7-6-8-4-2-1-3-5-8;7-4-2-1-3-5(8)6(9)10/h4-8H,2-3H2,1H3,(H,12,14);1-4H,5H2,(H,10,11);1-5H,6-7,9H2;5H,1-4,7-8H2,(H,9,10)/t;;;5-/m...0/s1. The highest BCUT2D eigenvalue weighted by Crippen LogP contribution is 2.11. The number of carbonyl (C=O) groups is 4. The number of aldehydes is 1. The summed E-state index contributed by atoms with van der Waals surface area (Å²) in [5, 5.41) is 19.5. The van der Waals surface area contributed by atoms with Crippen LogP contribution < -0.4 is 22.5 Å². The molecule has 0 heterocycles. The number of nitrogens with two attached hydrogens (primary N) is 3. The van der Waals surface area contributed by atoms with Crippen molar-refractivity contribution in [3.05, 3.63) is 100 Å². The predicted octanol–water partition coefficient (Wildman–Crippen LogP) is 5.03. The summed E-state index contributed by atoms with van der Waals surface area (Å²) in [4.78, 5) is 41.9. The Balaban J connectivity index is 0.000000568. The van der Waals surface area contributed by atoms with Crippen molar-refractivity contribution in [2.24, 2.45) is 17.2 Å². The van der Waals surface area contributed by atoms with Gasteiger partial charge < -0.3 is 32.7 Å². The van der Waals surface area contributed by atoms with Gasteiger partial charge in [-0.2, -0.15) is 0 Å². The minimum Gasteiger partial charge on any atom is -0.481 e. The SMILES string of the molecule is CCCC(=O)Nc1ccc(C=O)cc1.NCCCC[C@H](N)C(=O)O.NCCc1ccccc1.O=C(O)Cc1ccc(Br)cc1. The van der Waals surface area contributed by atoms with Crippen LogP contribution in [0.15, 0.2) is 83.3 Å². The summed E-state index contributed by atoms with van der Waals surface area (Å²) in [5.74, 6) is -1.73.